The zero-order valence-corrected chi connectivity index (χ0v) is 21.4. The summed E-state index contributed by atoms with van der Waals surface area (Å²) in [5, 5.41) is 4.01. The molecule has 2 aliphatic heterocycles. The van der Waals surface area contributed by atoms with Gasteiger partial charge in [-0.1, -0.05) is 0 Å². The fourth-order valence-electron chi connectivity index (χ4n) is 4.11. The predicted molar refractivity (Wildman–Crippen MR) is 124 cm³/mol. The van der Waals surface area contributed by atoms with Gasteiger partial charge in [-0.2, -0.15) is 31.4 Å². The molecule has 0 bridgehead atoms. The van der Waals surface area contributed by atoms with E-state index in [0.29, 0.717) is 11.0 Å². The molecule has 16 heteroatoms. The Morgan fingerprint density at radius 2 is 1.62 bits per heavy atom. The van der Waals surface area contributed by atoms with Gasteiger partial charge >= 0.3 is 18.4 Å². The highest BCUT2D eigenvalue weighted by Gasteiger charge is 2.50. The molecule has 10 nitrogen and oxygen atoms in total. The van der Waals surface area contributed by atoms with Crippen molar-refractivity contribution < 1.29 is 40.7 Å². The first kappa shape index (κ1) is 28.4. The van der Waals surface area contributed by atoms with Gasteiger partial charge in [0.1, 0.15) is 18.2 Å². The second-order valence-corrected chi connectivity index (χ2v) is 10.3. The highest BCUT2D eigenvalue weighted by Crippen LogP contribution is 2.38. The molecule has 4 rings (SSSR count). The number of halogens is 6. The Morgan fingerprint density at radius 3 is 2.15 bits per heavy atom. The molecule has 2 saturated heterocycles. The van der Waals surface area contributed by atoms with E-state index in [1.807, 2.05) is 0 Å². The van der Waals surface area contributed by atoms with Crippen molar-refractivity contribution in [2.45, 2.75) is 57.7 Å². The van der Waals surface area contributed by atoms with E-state index in [4.69, 9.17) is 4.74 Å². The van der Waals surface area contributed by atoms with Crippen molar-refractivity contribution in [3.8, 4) is 11.3 Å². The van der Waals surface area contributed by atoms with Crippen LogP contribution < -0.4 is 4.90 Å². The second kappa shape index (κ2) is 10.2. The maximum Gasteiger partial charge on any atom is 0.433 e. The van der Waals surface area contributed by atoms with E-state index in [-0.39, 0.29) is 62.9 Å². The van der Waals surface area contributed by atoms with Gasteiger partial charge in [0.2, 0.25) is 11.9 Å². The van der Waals surface area contributed by atoms with Crippen LogP contribution >= 0.6 is 0 Å². The Kier molecular flexibility index (Phi) is 7.42. The molecule has 0 N–H and O–H groups in total. The summed E-state index contributed by atoms with van der Waals surface area (Å²) in [4.78, 5) is 36.0. The normalized spacial score (nSPS) is 18.7. The molecule has 0 aromatic carbocycles. The summed E-state index contributed by atoms with van der Waals surface area (Å²) >= 11 is 0. The topological polar surface area (TPSA) is 96.7 Å². The molecule has 2 aliphatic rings. The number of amides is 2. The quantitative estimate of drug-likeness (QED) is 0.525. The van der Waals surface area contributed by atoms with Gasteiger partial charge in [-0.25, -0.2) is 14.8 Å². The summed E-state index contributed by atoms with van der Waals surface area (Å²) < 4.78 is 86.6. The third-order valence-electron chi connectivity index (χ3n) is 6.17. The van der Waals surface area contributed by atoms with Crippen molar-refractivity contribution >= 4 is 17.9 Å². The number of nitrogens with zero attached hydrogens (tertiary/aromatic N) is 7. The van der Waals surface area contributed by atoms with Gasteiger partial charge in [-0.15, -0.1) is 0 Å². The van der Waals surface area contributed by atoms with Gasteiger partial charge in [0.15, 0.2) is 5.69 Å². The lowest BCUT2D eigenvalue weighted by Gasteiger charge is -2.41. The standard InChI is InChI=1S/C23H27F6N7O3/c1-21(2,3)39-20(38)34-8-6-33(7-9-34)18(37)13-35-12-14(11-30-35)15-10-16(22(24,25)26)32-19(31-15)36-5-4-17(36)23(27,28)29/h10-12,17H,4-9,13H2,1-3H3/t17-/m1/s1. The summed E-state index contributed by atoms with van der Waals surface area (Å²) in [6, 6.07) is -1.34. The maximum absolute atomic E-state index is 13.5. The number of ether oxygens (including phenoxy) is 1. The number of aromatic nitrogens is 4. The Balaban J connectivity index is 1.45. The lowest BCUT2D eigenvalue weighted by molar-refractivity contribution is -0.160. The van der Waals surface area contributed by atoms with Crippen molar-refractivity contribution in [3.05, 3.63) is 24.2 Å². The van der Waals surface area contributed by atoms with Crippen LogP contribution in [0, 0.1) is 0 Å². The second-order valence-electron chi connectivity index (χ2n) is 10.3. The van der Waals surface area contributed by atoms with E-state index in [2.05, 4.69) is 15.1 Å². The Bertz CT molecular complexity index is 1220. The van der Waals surface area contributed by atoms with E-state index in [1.165, 1.54) is 26.9 Å². The summed E-state index contributed by atoms with van der Waals surface area (Å²) in [6.45, 7) is 5.92. The van der Waals surface area contributed by atoms with Gasteiger partial charge in [0.25, 0.3) is 0 Å². The van der Waals surface area contributed by atoms with Crippen molar-refractivity contribution in [1.29, 1.82) is 0 Å². The molecule has 0 aliphatic carbocycles. The lowest BCUT2D eigenvalue weighted by atomic mass is 10.0. The largest absolute Gasteiger partial charge is 0.444 e. The van der Waals surface area contributed by atoms with Crippen LogP contribution in [0.2, 0.25) is 0 Å². The number of alkyl halides is 6. The molecule has 39 heavy (non-hydrogen) atoms. The van der Waals surface area contributed by atoms with Crippen LogP contribution in [0.25, 0.3) is 11.3 Å². The van der Waals surface area contributed by atoms with Gasteiger partial charge in [-0.05, 0) is 33.3 Å². The smallest absolute Gasteiger partial charge is 0.433 e. The van der Waals surface area contributed by atoms with Crippen LogP contribution in [0.4, 0.5) is 37.1 Å². The van der Waals surface area contributed by atoms with E-state index in [9.17, 15) is 35.9 Å². The van der Waals surface area contributed by atoms with E-state index in [1.54, 1.807) is 20.8 Å². The van der Waals surface area contributed by atoms with Crippen LogP contribution in [0.3, 0.4) is 0 Å². The molecule has 1 atom stereocenters. The van der Waals surface area contributed by atoms with E-state index >= 15 is 0 Å². The fourth-order valence-corrected chi connectivity index (χ4v) is 4.11. The number of rotatable bonds is 4. The Morgan fingerprint density at radius 1 is 0.974 bits per heavy atom. The number of hydrogen-bond donors (Lipinski definition) is 0. The predicted octanol–water partition coefficient (Wildman–Crippen LogP) is 3.58. The molecule has 2 aromatic heterocycles. The van der Waals surface area contributed by atoms with Crippen molar-refractivity contribution in [1.82, 2.24) is 29.5 Å². The molecule has 2 aromatic rings. The van der Waals surface area contributed by atoms with E-state index < -0.39 is 41.7 Å². The summed E-state index contributed by atoms with van der Waals surface area (Å²) in [5.74, 6) is -1.01. The van der Waals surface area contributed by atoms with Crippen molar-refractivity contribution in [2.75, 3.05) is 37.6 Å². The molecule has 2 amide bonds. The van der Waals surface area contributed by atoms with Crippen molar-refractivity contribution in [3.63, 3.8) is 0 Å². The van der Waals surface area contributed by atoms with Gasteiger partial charge in [0, 0.05) is 44.5 Å². The van der Waals surface area contributed by atoms with Gasteiger partial charge < -0.3 is 19.4 Å². The average Bonchev–Trinajstić information content (AvgIpc) is 3.24. The molecule has 2 fully saturated rings. The first-order valence-corrected chi connectivity index (χ1v) is 12.1. The number of anilines is 1. The minimum atomic E-state index is -4.92. The first-order chi connectivity index (χ1) is 18.0. The molecule has 4 heterocycles. The van der Waals surface area contributed by atoms with E-state index in [0.717, 1.165) is 0 Å². The average molecular weight is 564 g/mol. The third kappa shape index (κ3) is 6.71. The Labute approximate surface area is 219 Å². The number of carbonyl (C=O) groups excluding carboxylic acids is 2. The van der Waals surface area contributed by atoms with Gasteiger partial charge in [0.05, 0.1) is 11.9 Å². The van der Waals surface area contributed by atoms with Crippen LogP contribution in [-0.2, 0) is 22.3 Å². The summed E-state index contributed by atoms with van der Waals surface area (Å²) in [5.41, 5.74) is -2.23. The van der Waals surface area contributed by atoms with Crippen LogP contribution in [0.5, 0.6) is 0 Å². The zero-order valence-electron chi connectivity index (χ0n) is 21.4. The molecular formula is C23H27F6N7O3. The maximum atomic E-state index is 13.5. The lowest BCUT2D eigenvalue weighted by Crippen LogP contribution is -2.56. The molecular weight excluding hydrogens is 536 g/mol. The summed E-state index contributed by atoms with van der Waals surface area (Å²) in [7, 11) is 0. The number of hydrogen-bond acceptors (Lipinski definition) is 7. The number of piperazine rings is 1. The van der Waals surface area contributed by atoms with Crippen LogP contribution in [-0.4, -0.2) is 92.1 Å². The molecule has 0 unspecified atom stereocenters. The minimum absolute atomic E-state index is 0.0794. The van der Waals surface area contributed by atoms with Crippen LogP contribution in [0.1, 0.15) is 32.9 Å². The van der Waals surface area contributed by atoms with Gasteiger partial charge in [-0.3, -0.25) is 9.48 Å². The number of carbonyl (C=O) groups is 2. The fraction of sp³-hybridized carbons (Fsp3) is 0.609. The first-order valence-electron chi connectivity index (χ1n) is 12.1. The molecule has 214 valence electrons. The minimum Gasteiger partial charge on any atom is -0.444 e. The van der Waals surface area contributed by atoms with Crippen molar-refractivity contribution in [2.24, 2.45) is 0 Å². The third-order valence-corrected chi connectivity index (χ3v) is 6.17. The molecule has 0 saturated carbocycles. The molecule has 0 spiro atoms. The zero-order chi connectivity index (χ0) is 28.8. The van der Waals surface area contributed by atoms with Crippen LogP contribution in [0.15, 0.2) is 18.5 Å². The Hall–Kier alpha value is -3.59. The highest BCUT2D eigenvalue weighted by atomic mass is 19.4. The highest BCUT2D eigenvalue weighted by molar-refractivity contribution is 5.77. The SMILES string of the molecule is CC(C)(C)OC(=O)N1CCN(C(=O)Cn2cc(-c3cc(C(F)(F)F)nc(N4CC[C@@H]4C(F)(F)F)n3)cn2)CC1. The monoisotopic (exact) mass is 563 g/mol. The molecule has 0 radical (unpaired) electrons. The summed E-state index contributed by atoms with van der Waals surface area (Å²) in [6.07, 6.45) is -7.84.